The van der Waals surface area contributed by atoms with E-state index in [9.17, 15) is 9.18 Å². The van der Waals surface area contributed by atoms with E-state index in [2.05, 4.69) is 10.3 Å². The van der Waals surface area contributed by atoms with E-state index >= 15 is 0 Å². The van der Waals surface area contributed by atoms with Crippen molar-refractivity contribution in [1.82, 2.24) is 4.98 Å². The van der Waals surface area contributed by atoms with Crippen LogP contribution in [0.5, 0.6) is 0 Å². The van der Waals surface area contributed by atoms with Crippen molar-refractivity contribution in [3.05, 3.63) is 59.5 Å². The molecule has 2 aromatic rings. The Balaban J connectivity index is 2.17. The summed E-state index contributed by atoms with van der Waals surface area (Å²) >= 11 is 0. The first-order chi connectivity index (χ1) is 8.16. The summed E-state index contributed by atoms with van der Waals surface area (Å²) in [5.41, 5.74) is 1.28. The Labute approximate surface area is 98.3 Å². The number of aryl methyl sites for hydroxylation is 1. The Bertz CT molecular complexity index is 537. The fraction of sp³-hybridized carbons (Fsp3) is 0.0769. The summed E-state index contributed by atoms with van der Waals surface area (Å²) < 4.78 is 12.7. The van der Waals surface area contributed by atoms with Gasteiger partial charge in [-0.25, -0.2) is 9.37 Å². The topological polar surface area (TPSA) is 42.0 Å². The first-order valence-electron chi connectivity index (χ1n) is 5.15. The van der Waals surface area contributed by atoms with Gasteiger partial charge in [-0.1, -0.05) is 6.07 Å². The molecule has 0 aliphatic heterocycles. The highest BCUT2D eigenvalue weighted by atomic mass is 19.1. The van der Waals surface area contributed by atoms with Crippen LogP contribution in [-0.4, -0.2) is 10.9 Å². The third-order valence-electron chi connectivity index (χ3n) is 2.35. The van der Waals surface area contributed by atoms with Crippen LogP contribution in [0.2, 0.25) is 0 Å². The zero-order valence-corrected chi connectivity index (χ0v) is 9.27. The van der Waals surface area contributed by atoms with Gasteiger partial charge in [0.2, 0.25) is 0 Å². The van der Waals surface area contributed by atoms with Crippen LogP contribution in [0.25, 0.3) is 0 Å². The Kier molecular flexibility index (Phi) is 3.14. The summed E-state index contributed by atoms with van der Waals surface area (Å²) in [4.78, 5) is 15.9. The van der Waals surface area contributed by atoms with E-state index in [1.54, 1.807) is 12.3 Å². The first kappa shape index (κ1) is 11.3. The molecule has 0 aliphatic rings. The molecule has 0 unspecified atom stereocenters. The van der Waals surface area contributed by atoms with Crippen LogP contribution in [0.1, 0.15) is 15.9 Å². The number of carbonyl (C=O) groups excluding carboxylic acids is 1. The maximum Gasteiger partial charge on any atom is 0.256 e. The molecule has 86 valence electrons. The van der Waals surface area contributed by atoms with Crippen LogP contribution in [0.4, 0.5) is 10.2 Å². The van der Waals surface area contributed by atoms with Crippen molar-refractivity contribution in [3.63, 3.8) is 0 Å². The maximum atomic E-state index is 12.7. The van der Waals surface area contributed by atoms with Crippen LogP contribution in [0.3, 0.4) is 0 Å². The zero-order chi connectivity index (χ0) is 12.3. The van der Waals surface area contributed by atoms with Gasteiger partial charge in [0.05, 0.1) is 0 Å². The Morgan fingerprint density at radius 2 is 1.94 bits per heavy atom. The number of anilines is 1. The summed E-state index contributed by atoms with van der Waals surface area (Å²) in [5.74, 6) is -0.149. The molecule has 0 atom stereocenters. The van der Waals surface area contributed by atoms with Crippen molar-refractivity contribution in [2.45, 2.75) is 6.92 Å². The van der Waals surface area contributed by atoms with Crippen LogP contribution in [0, 0.1) is 12.7 Å². The molecule has 2 rings (SSSR count). The molecule has 17 heavy (non-hydrogen) atoms. The van der Waals surface area contributed by atoms with Gasteiger partial charge in [-0.3, -0.25) is 4.79 Å². The lowest BCUT2D eigenvalue weighted by atomic mass is 10.2. The standard InChI is InChI=1S/C13H11FN2O/c1-9-3-2-8-15-12(9)16-13(17)10-4-6-11(14)7-5-10/h2-8H,1H3,(H,15,16,17). The van der Waals surface area contributed by atoms with Crippen molar-refractivity contribution >= 4 is 11.7 Å². The van der Waals surface area contributed by atoms with Crippen LogP contribution >= 0.6 is 0 Å². The Morgan fingerprint density at radius 1 is 1.24 bits per heavy atom. The SMILES string of the molecule is Cc1cccnc1NC(=O)c1ccc(F)cc1. The van der Waals surface area contributed by atoms with Crippen molar-refractivity contribution in [3.8, 4) is 0 Å². The molecule has 0 fully saturated rings. The number of nitrogens with zero attached hydrogens (tertiary/aromatic N) is 1. The molecule has 1 amide bonds. The van der Waals surface area contributed by atoms with Crippen LogP contribution in [-0.2, 0) is 0 Å². The second-order valence-corrected chi connectivity index (χ2v) is 3.63. The van der Waals surface area contributed by atoms with E-state index in [1.165, 1.54) is 24.3 Å². The lowest BCUT2D eigenvalue weighted by Crippen LogP contribution is -2.13. The van der Waals surface area contributed by atoms with Gasteiger partial charge in [0.25, 0.3) is 5.91 Å². The van der Waals surface area contributed by atoms with Crippen LogP contribution < -0.4 is 5.32 Å². The van der Waals surface area contributed by atoms with E-state index in [-0.39, 0.29) is 11.7 Å². The number of benzene rings is 1. The second-order valence-electron chi connectivity index (χ2n) is 3.63. The number of halogens is 1. The van der Waals surface area contributed by atoms with Crippen molar-refractivity contribution in [2.75, 3.05) is 5.32 Å². The molecular formula is C13H11FN2O. The Morgan fingerprint density at radius 3 is 2.59 bits per heavy atom. The number of nitrogens with one attached hydrogen (secondary N) is 1. The molecular weight excluding hydrogens is 219 g/mol. The van der Waals surface area contributed by atoms with E-state index in [0.717, 1.165) is 5.56 Å². The molecule has 3 nitrogen and oxygen atoms in total. The molecule has 1 heterocycles. The van der Waals surface area contributed by atoms with Gasteiger partial charge in [0.1, 0.15) is 11.6 Å². The first-order valence-corrected chi connectivity index (χ1v) is 5.15. The molecule has 0 saturated carbocycles. The number of pyridine rings is 1. The average Bonchev–Trinajstić information content (AvgIpc) is 2.33. The van der Waals surface area contributed by atoms with E-state index in [4.69, 9.17) is 0 Å². The Hall–Kier alpha value is -2.23. The number of carbonyl (C=O) groups is 1. The maximum absolute atomic E-state index is 12.7. The van der Waals surface area contributed by atoms with E-state index in [1.807, 2.05) is 13.0 Å². The largest absolute Gasteiger partial charge is 0.306 e. The molecule has 0 saturated heterocycles. The summed E-state index contributed by atoms with van der Waals surface area (Å²) in [6.07, 6.45) is 1.60. The normalized spacial score (nSPS) is 10.0. The third-order valence-corrected chi connectivity index (χ3v) is 2.35. The van der Waals surface area contributed by atoms with Gasteiger partial charge in [-0.2, -0.15) is 0 Å². The molecule has 1 aromatic carbocycles. The van der Waals surface area contributed by atoms with Gasteiger partial charge in [-0.05, 0) is 42.8 Å². The summed E-state index contributed by atoms with van der Waals surface area (Å²) in [6.45, 7) is 1.85. The molecule has 0 aliphatic carbocycles. The molecule has 1 aromatic heterocycles. The third kappa shape index (κ3) is 2.66. The fourth-order valence-electron chi connectivity index (χ4n) is 1.40. The summed E-state index contributed by atoms with van der Waals surface area (Å²) in [6, 6.07) is 9.02. The summed E-state index contributed by atoms with van der Waals surface area (Å²) in [5, 5.41) is 2.67. The molecule has 0 spiro atoms. The minimum atomic E-state index is -0.365. The van der Waals surface area contributed by atoms with Crippen LogP contribution in [0.15, 0.2) is 42.6 Å². The molecule has 0 radical (unpaired) electrons. The summed E-state index contributed by atoms with van der Waals surface area (Å²) in [7, 11) is 0. The number of amides is 1. The highest BCUT2D eigenvalue weighted by Crippen LogP contribution is 2.11. The van der Waals surface area contributed by atoms with Crippen molar-refractivity contribution < 1.29 is 9.18 Å². The van der Waals surface area contributed by atoms with Gasteiger partial charge in [0.15, 0.2) is 0 Å². The molecule has 1 N–H and O–H groups in total. The number of hydrogen-bond acceptors (Lipinski definition) is 2. The van der Waals surface area contributed by atoms with Gasteiger partial charge >= 0.3 is 0 Å². The smallest absolute Gasteiger partial charge is 0.256 e. The second kappa shape index (κ2) is 4.74. The van der Waals surface area contributed by atoms with Gasteiger partial charge < -0.3 is 5.32 Å². The molecule has 4 heteroatoms. The minimum absolute atomic E-state index is 0.299. The number of rotatable bonds is 2. The highest BCUT2D eigenvalue weighted by Gasteiger charge is 2.07. The fourth-order valence-corrected chi connectivity index (χ4v) is 1.40. The van der Waals surface area contributed by atoms with Gasteiger partial charge in [-0.15, -0.1) is 0 Å². The minimum Gasteiger partial charge on any atom is -0.306 e. The molecule has 0 bridgehead atoms. The average molecular weight is 230 g/mol. The quantitative estimate of drug-likeness (QED) is 0.861. The zero-order valence-electron chi connectivity index (χ0n) is 9.27. The lowest BCUT2D eigenvalue weighted by molar-refractivity contribution is 0.102. The highest BCUT2D eigenvalue weighted by molar-refractivity contribution is 6.04. The van der Waals surface area contributed by atoms with E-state index < -0.39 is 0 Å². The predicted octanol–water partition coefficient (Wildman–Crippen LogP) is 2.78. The van der Waals surface area contributed by atoms with Crippen molar-refractivity contribution in [2.24, 2.45) is 0 Å². The monoisotopic (exact) mass is 230 g/mol. The van der Waals surface area contributed by atoms with Gasteiger partial charge in [0, 0.05) is 11.8 Å². The number of aromatic nitrogens is 1. The lowest BCUT2D eigenvalue weighted by Gasteiger charge is -2.06. The van der Waals surface area contributed by atoms with E-state index in [0.29, 0.717) is 11.4 Å². The number of hydrogen-bond donors (Lipinski definition) is 1. The predicted molar refractivity (Wildman–Crippen MR) is 63.3 cm³/mol. The van der Waals surface area contributed by atoms with Crippen molar-refractivity contribution in [1.29, 1.82) is 0 Å².